The molecule has 0 saturated heterocycles. The van der Waals surface area contributed by atoms with Gasteiger partial charge in [0.2, 0.25) is 0 Å². The summed E-state index contributed by atoms with van der Waals surface area (Å²) in [4.78, 5) is 17.7. The Morgan fingerprint density at radius 3 is 2.73 bits per heavy atom. The average molecular weight is 349 g/mol. The number of hydrogen-bond acceptors (Lipinski definition) is 2. The zero-order valence-electron chi connectivity index (χ0n) is 11.4. The minimum absolute atomic E-state index is 0.0197. The lowest BCUT2D eigenvalue weighted by Gasteiger charge is -2.07. The second-order valence-corrected chi connectivity index (χ2v) is 6.34. The van der Waals surface area contributed by atoms with Gasteiger partial charge in [0.25, 0.3) is 5.56 Å². The van der Waals surface area contributed by atoms with Crippen molar-refractivity contribution in [3.63, 3.8) is 0 Å². The lowest BCUT2D eigenvalue weighted by Crippen LogP contribution is -2.13. The van der Waals surface area contributed by atoms with Crippen LogP contribution >= 0.6 is 15.9 Å². The summed E-state index contributed by atoms with van der Waals surface area (Å²) in [6, 6.07) is 17.7. The van der Waals surface area contributed by atoms with Gasteiger partial charge < -0.3 is 0 Å². The summed E-state index contributed by atoms with van der Waals surface area (Å²) in [5.74, 6) is 0. The molecule has 0 atom stereocenters. The molecule has 0 aliphatic carbocycles. The molecule has 5 rings (SSSR count). The predicted octanol–water partition coefficient (Wildman–Crippen LogP) is 4.35. The molecule has 3 nitrogen and oxygen atoms in total. The van der Waals surface area contributed by atoms with Crippen molar-refractivity contribution in [2.75, 3.05) is 0 Å². The van der Waals surface area contributed by atoms with Gasteiger partial charge >= 0.3 is 0 Å². The third-order valence-corrected chi connectivity index (χ3v) is 4.63. The second kappa shape index (κ2) is 4.05. The Bertz CT molecular complexity index is 1260. The molecule has 0 bridgehead atoms. The fourth-order valence-electron chi connectivity index (χ4n) is 3.28. The van der Waals surface area contributed by atoms with Crippen LogP contribution in [-0.4, -0.2) is 9.38 Å². The zero-order chi connectivity index (χ0) is 14.8. The number of aromatic nitrogens is 2. The number of imidazole rings is 1. The first-order valence-corrected chi connectivity index (χ1v) is 7.78. The molecule has 5 aromatic rings. The molecule has 3 aromatic carbocycles. The molecule has 104 valence electrons. The number of rotatable bonds is 0. The van der Waals surface area contributed by atoms with Gasteiger partial charge in [-0.3, -0.25) is 9.20 Å². The summed E-state index contributed by atoms with van der Waals surface area (Å²) < 4.78 is 2.63. The molecule has 4 heteroatoms. The van der Waals surface area contributed by atoms with E-state index in [4.69, 9.17) is 0 Å². The number of pyridine rings is 1. The molecule has 2 heterocycles. The lowest BCUT2D eigenvalue weighted by molar-refractivity contribution is 1.19. The average Bonchev–Trinajstić information content (AvgIpc) is 2.91. The molecule has 0 fully saturated rings. The van der Waals surface area contributed by atoms with Gasteiger partial charge in [0.05, 0.1) is 16.4 Å². The summed E-state index contributed by atoms with van der Waals surface area (Å²) in [5.41, 5.74) is 2.40. The maximum Gasteiger partial charge on any atom is 0.264 e. The number of halogens is 1. The molecule has 2 aromatic heterocycles. The maximum atomic E-state index is 13.0. The first kappa shape index (κ1) is 12.1. The van der Waals surface area contributed by atoms with Crippen LogP contribution in [0.5, 0.6) is 0 Å². The van der Waals surface area contributed by atoms with Gasteiger partial charge in [-0.15, -0.1) is 0 Å². The fraction of sp³-hybridized carbons (Fsp3) is 0. The highest BCUT2D eigenvalue weighted by atomic mass is 79.9. The number of hydrogen-bond donors (Lipinski definition) is 0. The molecular weight excluding hydrogens is 340 g/mol. The van der Waals surface area contributed by atoms with E-state index in [9.17, 15) is 4.79 Å². The van der Waals surface area contributed by atoms with Gasteiger partial charge in [-0.1, -0.05) is 46.3 Å². The Labute approximate surface area is 133 Å². The molecule has 0 unspecified atom stereocenters. The van der Waals surface area contributed by atoms with Crippen molar-refractivity contribution in [2.24, 2.45) is 0 Å². The molecule has 0 spiro atoms. The number of fused-ring (bicyclic) bond motifs is 4. The zero-order valence-corrected chi connectivity index (χ0v) is 13.0. The summed E-state index contributed by atoms with van der Waals surface area (Å²) in [6.45, 7) is 0. The van der Waals surface area contributed by atoms with E-state index >= 15 is 0 Å². The van der Waals surface area contributed by atoms with Gasteiger partial charge in [-0.05, 0) is 29.7 Å². The topological polar surface area (TPSA) is 34.4 Å². The van der Waals surface area contributed by atoms with Crippen molar-refractivity contribution in [1.29, 1.82) is 0 Å². The van der Waals surface area contributed by atoms with E-state index in [1.807, 2.05) is 54.6 Å². The van der Waals surface area contributed by atoms with Gasteiger partial charge in [-0.25, -0.2) is 4.98 Å². The van der Waals surface area contributed by atoms with Gasteiger partial charge in [-0.2, -0.15) is 0 Å². The Balaban J connectivity index is 2.25. The van der Waals surface area contributed by atoms with E-state index in [0.29, 0.717) is 0 Å². The highest BCUT2D eigenvalue weighted by molar-refractivity contribution is 9.10. The quantitative estimate of drug-likeness (QED) is 0.416. The van der Waals surface area contributed by atoms with Crippen molar-refractivity contribution >= 4 is 54.2 Å². The van der Waals surface area contributed by atoms with E-state index in [2.05, 4.69) is 20.9 Å². The van der Waals surface area contributed by atoms with Crippen LogP contribution in [0.15, 0.2) is 63.9 Å². The van der Waals surface area contributed by atoms with Crippen LogP contribution in [0.4, 0.5) is 0 Å². The fourth-order valence-corrected chi connectivity index (χ4v) is 3.75. The van der Waals surface area contributed by atoms with Gasteiger partial charge in [0.1, 0.15) is 5.65 Å². The predicted molar refractivity (Wildman–Crippen MR) is 92.9 cm³/mol. The number of benzene rings is 3. The van der Waals surface area contributed by atoms with Crippen molar-refractivity contribution in [3.05, 3.63) is 69.4 Å². The van der Waals surface area contributed by atoms with E-state index < -0.39 is 0 Å². The largest absolute Gasteiger partial charge is 0.268 e. The number of para-hydroxylation sites is 2. The summed E-state index contributed by atoms with van der Waals surface area (Å²) >= 11 is 3.50. The standard InChI is InChI=1S/C18H9BrN2O/c19-11-8-10-4-3-5-12-16(10)13(9-11)18(22)21-15-7-2-1-6-14(15)20-17(12)21/h1-9H. The van der Waals surface area contributed by atoms with E-state index in [1.165, 1.54) is 0 Å². The summed E-state index contributed by atoms with van der Waals surface area (Å²) in [5, 5.41) is 3.76. The lowest BCUT2D eigenvalue weighted by atomic mass is 10.0. The van der Waals surface area contributed by atoms with E-state index in [-0.39, 0.29) is 5.56 Å². The molecule has 0 N–H and O–H groups in total. The van der Waals surface area contributed by atoms with Crippen LogP contribution in [-0.2, 0) is 0 Å². The highest BCUT2D eigenvalue weighted by Gasteiger charge is 2.15. The normalized spacial score (nSPS) is 12.0. The van der Waals surface area contributed by atoms with Crippen molar-refractivity contribution in [3.8, 4) is 0 Å². The van der Waals surface area contributed by atoms with Crippen LogP contribution in [0.3, 0.4) is 0 Å². The monoisotopic (exact) mass is 348 g/mol. The molecular formula is C18H9BrN2O. The van der Waals surface area contributed by atoms with Crippen LogP contribution < -0.4 is 5.56 Å². The highest BCUT2D eigenvalue weighted by Crippen LogP contribution is 2.31. The van der Waals surface area contributed by atoms with Crippen molar-refractivity contribution in [2.45, 2.75) is 0 Å². The van der Waals surface area contributed by atoms with Crippen LogP contribution in [0.1, 0.15) is 0 Å². The Hall–Kier alpha value is -2.46. The van der Waals surface area contributed by atoms with Crippen molar-refractivity contribution < 1.29 is 0 Å². The minimum Gasteiger partial charge on any atom is -0.268 e. The second-order valence-electron chi connectivity index (χ2n) is 5.42. The van der Waals surface area contributed by atoms with Gasteiger partial charge in [0, 0.05) is 15.2 Å². The first-order chi connectivity index (χ1) is 10.7. The smallest absolute Gasteiger partial charge is 0.264 e. The molecule has 0 aliphatic rings. The number of nitrogens with zero attached hydrogens (tertiary/aromatic N) is 2. The SMILES string of the molecule is O=c1c2cc(Br)cc3cccc(c32)c2nc3ccccc3n12. The molecule has 0 radical (unpaired) electrons. The molecule has 0 amide bonds. The maximum absolute atomic E-state index is 13.0. The first-order valence-electron chi connectivity index (χ1n) is 6.99. The van der Waals surface area contributed by atoms with E-state index in [0.717, 1.165) is 42.7 Å². The third-order valence-electron chi connectivity index (χ3n) is 4.18. The molecule has 22 heavy (non-hydrogen) atoms. The Kier molecular flexibility index (Phi) is 2.23. The van der Waals surface area contributed by atoms with E-state index in [1.54, 1.807) is 4.40 Å². The molecule has 0 saturated carbocycles. The Morgan fingerprint density at radius 2 is 1.82 bits per heavy atom. The van der Waals surface area contributed by atoms with Gasteiger partial charge in [0.15, 0.2) is 0 Å². The van der Waals surface area contributed by atoms with Crippen LogP contribution in [0.2, 0.25) is 0 Å². The summed E-state index contributed by atoms with van der Waals surface area (Å²) in [7, 11) is 0. The minimum atomic E-state index is -0.0197. The van der Waals surface area contributed by atoms with Crippen LogP contribution in [0, 0.1) is 0 Å². The summed E-state index contributed by atoms with van der Waals surface area (Å²) in [6.07, 6.45) is 0. The van der Waals surface area contributed by atoms with Crippen molar-refractivity contribution in [1.82, 2.24) is 9.38 Å². The third kappa shape index (κ3) is 1.40. The van der Waals surface area contributed by atoms with Crippen LogP contribution in [0.25, 0.3) is 38.2 Å². The molecule has 0 aliphatic heterocycles. The Morgan fingerprint density at radius 1 is 0.955 bits per heavy atom.